The number of halogens is 1. The number of benzene rings is 1. The van der Waals surface area contributed by atoms with Crippen LogP contribution in [0, 0.1) is 5.41 Å². The minimum Gasteiger partial charge on any atom is -0.378 e. The molecule has 158 valence electrons. The van der Waals surface area contributed by atoms with Gasteiger partial charge < -0.3 is 20.1 Å². The molecule has 0 spiro atoms. The van der Waals surface area contributed by atoms with Gasteiger partial charge in [-0.1, -0.05) is 44.2 Å². The molecule has 0 aromatic heterocycles. The summed E-state index contributed by atoms with van der Waals surface area (Å²) in [6.07, 6.45) is 3.70. The molecule has 1 aromatic rings. The summed E-state index contributed by atoms with van der Waals surface area (Å²) in [5.74, 6) is 0.0545. The van der Waals surface area contributed by atoms with E-state index in [1.54, 1.807) is 0 Å². The van der Waals surface area contributed by atoms with Crippen LogP contribution < -0.4 is 5.73 Å². The number of likely N-dealkylation sites (tertiary alicyclic amines) is 1. The maximum absolute atomic E-state index is 13.1. The maximum Gasteiger partial charge on any atom is 0.243 e. The van der Waals surface area contributed by atoms with Crippen molar-refractivity contribution in [2.75, 3.05) is 26.3 Å². The molecule has 5 nitrogen and oxygen atoms in total. The second kappa shape index (κ2) is 9.57. The molecule has 1 aromatic carbocycles. The van der Waals surface area contributed by atoms with Crippen LogP contribution in [0.3, 0.4) is 0 Å². The largest absolute Gasteiger partial charge is 0.378 e. The molecule has 3 atom stereocenters. The number of nitrogens with zero attached hydrogens (tertiary/aromatic N) is 1. The van der Waals surface area contributed by atoms with Gasteiger partial charge in [-0.05, 0) is 31.7 Å². The molecule has 2 N–H and O–H groups in total. The molecule has 1 aliphatic heterocycles. The van der Waals surface area contributed by atoms with Crippen molar-refractivity contribution in [1.29, 1.82) is 0 Å². The average Bonchev–Trinajstić information content (AvgIpc) is 3.14. The molecular weight excluding hydrogens is 376 g/mol. The van der Waals surface area contributed by atoms with Gasteiger partial charge in [0, 0.05) is 38.1 Å². The van der Waals surface area contributed by atoms with Gasteiger partial charge >= 0.3 is 0 Å². The molecule has 1 amide bonds. The van der Waals surface area contributed by atoms with Crippen molar-refractivity contribution in [3.8, 4) is 0 Å². The highest BCUT2D eigenvalue weighted by Crippen LogP contribution is 2.50. The lowest BCUT2D eigenvalue weighted by Crippen LogP contribution is -2.75. The molecule has 1 aliphatic carbocycles. The van der Waals surface area contributed by atoms with E-state index in [0.29, 0.717) is 19.6 Å². The minimum absolute atomic E-state index is 0. The van der Waals surface area contributed by atoms with Crippen LogP contribution in [0.2, 0.25) is 0 Å². The first kappa shape index (κ1) is 23.1. The lowest BCUT2D eigenvalue weighted by atomic mass is 9.54. The highest BCUT2D eigenvalue weighted by atomic mass is 35.5. The first-order chi connectivity index (χ1) is 12.9. The number of hydrogen-bond donors (Lipinski definition) is 1. The van der Waals surface area contributed by atoms with Crippen LogP contribution in [0.1, 0.15) is 45.6 Å². The van der Waals surface area contributed by atoms with Gasteiger partial charge in [-0.3, -0.25) is 4.79 Å². The van der Waals surface area contributed by atoms with Crippen molar-refractivity contribution >= 4 is 18.3 Å². The summed E-state index contributed by atoms with van der Waals surface area (Å²) >= 11 is 0. The lowest BCUT2D eigenvalue weighted by Gasteiger charge is -2.58. The Kier molecular flexibility index (Phi) is 7.91. The molecule has 3 unspecified atom stereocenters. The number of nitrogens with two attached hydrogens (primary N) is 1. The first-order valence-electron chi connectivity index (χ1n) is 10.2. The fourth-order valence-corrected chi connectivity index (χ4v) is 4.30. The summed E-state index contributed by atoms with van der Waals surface area (Å²) in [7, 11) is 0. The van der Waals surface area contributed by atoms with E-state index in [2.05, 4.69) is 24.3 Å². The topological polar surface area (TPSA) is 64.8 Å². The number of ether oxygens (including phenoxy) is 2. The van der Waals surface area contributed by atoms with Gasteiger partial charge in [-0.15, -0.1) is 12.4 Å². The van der Waals surface area contributed by atoms with E-state index in [-0.39, 0.29) is 35.9 Å². The van der Waals surface area contributed by atoms with Crippen LogP contribution in [0.4, 0.5) is 0 Å². The predicted molar refractivity (Wildman–Crippen MR) is 114 cm³/mol. The molecule has 3 rings (SSSR count). The summed E-state index contributed by atoms with van der Waals surface area (Å²) in [6.45, 7) is 8.84. The summed E-state index contributed by atoms with van der Waals surface area (Å²) < 4.78 is 11.8. The molecular formula is C22H35ClN2O3. The fraction of sp³-hybridized carbons (Fsp3) is 0.682. The Balaban J connectivity index is 0.00000280. The molecule has 1 heterocycles. The van der Waals surface area contributed by atoms with Crippen molar-refractivity contribution in [3.05, 3.63) is 35.9 Å². The van der Waals surface area contributed by atoms with Crippen molar-refractivity contribution < 1.29 is 14.3 Å². The van der Waals surface area contributed by atoms with Crippen LogP contribution in [-0.4, -0.2) is 54.9 Å². The summed E-state index contributed by atoms with van der Waals surface area (Å²) in [5.41, 5.74) is 6.72. The third kappa shape index (κ3) is 4.54. The Morgan fingerprint density at radius 2 is 1.96 bits per heavy atom. The van der Waals surface area contributed by atoms with Gasteiger partial charge in [0.2, 0.25) is 5.91 Å². The second-order valence-electron chi connectivity index (χ2n) is 8.46. The second-order valence-corrected chi connectivity index (χ2v) is 8.46. The van der Waals surface area contributed by atoms with E-state index in [0.717, 1.165) is 32.4 Å². The highest BCUT2D eigenvalue weighted by Gasteiger charge is 2.64. The summed E-state index contributed by atoms with van der Waals surface area (Å²) in [6, 6.07) is 10.5. The molecule has 28 heavy (non-hydrogen) atoms. The standard InChI is InChI=1S/C22H34N2O3.ClH/c1-4-26-19-15-22(23,21(19,2)3)20(25)24-13-12-18(16-24)27-14-8-11-17-9-6-5-7-10-17;/h5-7,9-10,18-19H,4,8,11-16,23H2,1-3H3;1H. The fourth-order valence-electron chi connectivity index (χ4n) is 4.30. The third-order valence-electron chi connectivity index (χ3n) is 6.45. The third-order valence-corrected chi connectivity index (χ3v) is 6.45. The van der Waals surface area contributed by atoms with Gasteiger partial charge in [-0.25, -0.2) is 0 Å². The Hall–Kier alpha value is -1.14. The maximum atomic E-state index is 13.1. The number of amides is 1. The molecule has 0 radical (unpaired) electrons. The van der Waals surface area contributed by atoms with Gasteiger partial charge in [0.05, 0.1) is 12.2 Å². The van der Waals surface area contributed by atoms with E-state index >= 15 is 0 Å². The zero-order valence-corrected chi connectivity index (χ0v) is 18.2. The van der Waals surface area contributed by atoms with Crippen LogP contribution >= 0.6 is 12.4 Å². The Morgan fingerprint density at radius 1 is 1.25 bits per heavy atom. The van der Waals surface area contributed by atoms with Gasteiger partial charge in [0.1, 0.15) is 5.54 Å². The lowest BCUT2D eigenvalue weighted by molar-refractivity contribution is -0.178. The smallest absolute Gasteiger partial charge is 0.243 e. The SMILES string of the molecule is CCOC1CC(N)(C(=O)N2CCC(OCCCc3ccccc3)C2)C1(C)C.Cl. The Labute approximate surface area is 175 Å². The molecule has 2 aliphatic rings. The quantitative estimate of drug-likeness (QED) is 0.668. The van der Waals surface area contributed by atoms with Gasteiger partial charge in [-0.2, -0.15) is 0 Å². The normalized spacial score (nSPS) is 28.5. The van der Waals surface area contributed by atoms with Crippen molar-refractivity contribution in [2.24, 2.45) is 11.1 Å². The monoisotopic (exact) mass is 410 g/mol. The van der Waals surface area contributed by atoms with Gasteiger partial charge in [0.25, 0.3) is 0 Å². The number of carbonyl (C=O) groups excluding carboxylic acids is 1. The molecule has 0 bridgehead atoms. The Morgan fingerprint density at radius 3 is 2.61 bits per heavy atom. The zero-order valence-electron chi connectivity index (χ0n) is 17.4. The molecule has 1 saturated heterocycles. The summed E-state index contributed by atoms with van der Waals surface area (Å²) in [4.78, 5) is 15.0. The number of rotatable bonds is 8. The van der Waals surface area contributed by atoms with E-state index in [9.17, 15) is 4.79 Å². The zero-order chi connectivity index (χ0) is 19.5. The molecule has 1 saturated carbocycles. The van der Waals surface area contributed by atoms with E-state index in [1.807, 2.05) is 31.7 Å². The average molecular weight is 411 g/mol. The number of hydrogen-bond acceptors (Lipinski definition) is 4. The van der Waals surface area contributed by atoms with Crippen LogP contribution in [-0.2, 0) is 20.7 Å². The number of carbonyl (C=O) groups is 1. The van der Waals surface area contributed by atoms with E-state index in [4.69, 9.17) is 15.2 Å². The first-order valence-corrected chi connectivity index (χ1v) is 10.2. The van der Waals surface area contributed by atoms with Crippen LogP contribution in [0.25, 0.3) is 0 Å². The van der Waals surface area contributed by atoms with Crippen molar-refractivity contribution in [1.82, 2.24) is 4.90 Å². The number of aryl methyl sites for hydroxylation is 1. The van der Waals surface area contributed by atoms with E-state index < -0.39 is 5.54 Å². The van der Waals surface area contributed by atoms with Crippen molar-refractivity contribution in [3.63, 3.8) is 0 Å². The van der Waals surface area contributed by atoms with Crippen LogP contribution in [0.5, 0.6) is 0 Å². The van der Waals surface area contributed by atoms with Gasteiger partial charge in [0.15, 0.2) is 0 Å². The minimum atomic E-state index is -0.824. The Bertz CT molecular complexity index is 640. The summed E-state index contributed by atoms with van der Waals surface area (Å²) in [5, 5.41) is 0. The highest BCUT2D eigenvalue weighted by molar-refractivity contribution is 5.89. The molecule has 6 heteroatoms. The van der Waals surface area contributed by atoms with Crippen LogP contribution in [0.15, 0.2) is 30.3 Å². The van der Waals surface area contributed by atoms with E-state index in [1.165, 1.54) is 5.56 Å². The molecule has 2 fully saturated rings. The predicted octanol–water partition coefficient (Wildman–Crippen LogP) is 3.19. The van der Waals surface area contributed by atoms with Crippen molar-refractivity contribution in [2.45, 2.75) is 64.2 Å².